The number of carbonyl (C=O) groups excluding carboxylic acids is 1. The van der Waals surface area contributed by atoms with Crippen LogP contribution in [0.2, 0.25) is 0 Å². The lowest BCUT2D eigenvalue weighted by atomic mass is 10.1. The molecule has 72 valence electrons. The van der Waals surface area contributed by atoms with Gasteiger partial charge in [-0.25, -0.2) is 0 Å². The van der Waals surface area contributed by atoms with E-state index >= 15 is 0 Å². The molecular formula is C9H9N3O2. The van der Waals surface area contributed by atoms with Gasteiger partial charge in [0.2, 0.25) is 11.8 Å². The molecule has 0 unspecified atom stereocenters. The summed E-state index contributed by atoms with van der Waals surface area (Å²) in [5, 5.41) is 14.9. The van der Waals surface area contributed by atoms with E-state index in [0.717, 1.165) is 0 Å². The summed E-state index contributed by atoms with van der Waals surface area (Å²) in [5.74, 6) is 0.00479. The van der Waals surface area contributed by atoms with Crippen LogP contribution in [0.1, 0.15) is 18.5 Å². The Morgan fingerprint density at radius 1 is 1.79 bits per heavy atom. The minimum Gasteiger partial charge on any atom is -0.338 e. The number of aryl methyl sites for hydroxylation is 1. The lowest BCUT2D eigenvalue weighted by molar-refractivity contribution is -0.119. The van der Waals surface area contributed by atoms with Crippen molar-refractivity contribution < 1.29 is 9.32 Å². The number of amides is 1. The maximum atomic E-state index is 11.5. The van der Waals surface area contributed by atoms with E-state index < -0.39 is 5.41 Å². The number of nitrogens with zero attached hydrogens (tertiary/aromatic N) is 2. The van der Waals surface area contributed by atoms with E-state index in [1.165, 1.54) is 0 Å². The normalized spacial score (nSPS) is 17.1. The Hall–Kier alpha value is -1.83. The van der Waals surface area contributed by atoms with Gasteiger partial charge in [-0.05, 0) is 19.8 Å². The molecule has 0 atom stereocenters. The van der Waals surface area contributed by atoms with Gasteiger partial charge in [0, 0.05) is 6.07 Å². The van der Waals surface area contributed by atoms with Gasteiger partial charge in [-0.3, -0.25) is 10.1 Å². The second-order valence-electron chi connectivity index (χ2n) is 3.48. The minimum atomic E-state index is -0.819. The largest absolute Gasteiger partial charge is 0.338 e. The van der Waals surface area contributed by atoms with Gasteiger partial charge in [-0.15, -0.1) is 0 Å². The molecule has 2 rings (SSSR count). The van der Waals surface area contributed by atoms with Gasteiger partial charge in [0.05, 0.1) is 11.8 Å². The quantitative estimate of drug-likeness (QED) is 0.762. The highest BCUT2D eigenvalue weighted by molar-refractivity contribution is 5.98. The number of nitriles is 1. The predicted molar refractivity (Wildman–Crippen MR) is 47.1 cm³/mol. The molecule has 1 aromatic heterocycles. The summed E-state index contributed by atoms with van der Waals surface area (Å²) in [4.78, 5) is 11.5. The van der Waals surface area contributed by atoms with Crippen molar-refractivity contribution in [3.63, 3.8) is 0 Å². The summed E-state index contributed by atoms with van der Waals surface area (Å²) in [7, 11) is 0. The summed E-state index contributed by atoms with van der Waals surface area (Å²) < 4.78 is 4.81. The number of anilines is 1. The molecule has 1 saturated carbocycles. The number of aromatic nitrogens is 1. The van der Waals surface area contributed by atoms with Crippen LogP contribution in [0.25, 0.3) is 0 Å². The van der Waals surface area contributed by atoms with Crippen molar-refractivity contribution in [2.75, 3.05) is 5.32 Å². The van der Waals surface area contributed by atoms with Gasteiger partial charge >= 0.3 is 0 Å². The molecule has 1 aromatic rings. The van der Waals surface area contributed by atoms with Crippen LogP contribution in [-0.4, -0.2) is 11.1 Å². The lowest BCUT2D eigenvalue weighted by Gasteiger charge is -2.03. The third kappa shape index (κ3) is 1.35. The number of carbonyl (C=O) groups is 1. The van der Waals surface area contributed by atoms with Crippen molar-refractivity contribution in [1.29, 1.82) is 5.26 Å². The van der Waals surface area contributed by atoms with E-state index in [1.54, 1.807) is 13.0 Å². The third-order valence-corrected chi connectivity index (χ3v) is 2.26. The number of rotatable bonds is 2. The highest BCUT2D eigenvalue weighted by atomic mass is 16.5. The summed E-state index contributed by atoms with van der Waals surface area (Å²) in [6.07, 6.45) is 1.25. The topological polar surface area (TPSA) is 78.9 Å². The first-order valence-corrected chi connectivity index (χ1v) is 4.32. The maximum Gasteiger partial charge on any atom is 0.247 e. The molecule has 0 radical (unpaired) electrons. The average molecular weight is 191 g/mol. The summed E-state index contributed by atoms with van der Waals surface area (Å²) in [6, 6.07) is 3.62. The van der Waals surface area contributed by atoms with Crippen LogP contribution >= 0.6 is 0 Å². The smallest absolute Gasteiger partial charge is 0.247 e. The van der Waals surface area contributed by atoms with Crippen LogP contribution in [-0.2, 0) is 4.79 Å². The van der Waals surface area contributed by atoms with Gasteiger partial charge < -0.3 is 4.52 Å². The molecule has 0 aromatic carbocycles. The van der Waals surface area contributed by atoms with Crippen molar-refractivity contribution in [3.8, 4) is 6.07 Å². The van der Waals surface area contributed by atoms with Crippen LogP contribution in [0.4, 0.5) is 5.88 Å². The average Bonchev–Trinajstić information content (AvgIpc) is 2.87. The fourth-order valence-corrected chi connectivity index (χ4v) is 1.17. The fourth-order valence-electron chi connectivity index (χ4n) is 1.17. The molecule has 1 aliphatic carbocycles. The van der Waals surface area contributed by atoms with E-state index in [9.17, 15) is 4.79 Å². The van der Waals surface area contributed by atoms with E-state index in [4.69, 9.17) is 9.78 Å². The van der Waals surface area contributed by atoms with Gasteiger partial charge in [0.15, 0.2) is 0 Å². The van der Waals surface area contributed by atoms with Crippen molar-refractivity contribution in [3.05, 3.63) is 11.8 Å². The van der Waals surface area contributed by atoms with E-state index in [0.29, 0.717) is 24.4 Å². The monoisotopic (exact) mass is 191 g/mol. The second kappa shape index (κ2) is 2.84. The number of hydrogen-bond donors (Lipinski definition) is 1. The molecule has 5 nitrogen and oxygen atoms in total. The first-order chi connectivity index (χ1) is 6.66. The molecule has 1 N–H and O–H groups in total. The highest BCUT2D eigenvalue weighted by Gasteiger charge is 2.50. The first kappa shape index (κ1) is 8.75. The Labute approximate surface area is 80.7 Å². The Bertz CT molecular complexity index is 412. The summed E-state index contributed by atoms with van der Waals surface area (Å²) >= 11 is 0. The zero-order valence-electron chi connectivity index (χ0n) is 7.70. The molecule has 1 aliphatic rings. The zero-order chi connectivity index (χ0) is 10.2. The Kier molecular flexibility index (Phi) is 1.78. The van der Waals surface area contributed by atoms with E-state index in [2.05, 4.69) is 10.5 Å². The SMILES string of the molecule is Cc1cc(NC(=O)C2(C#N)CC2)on1. The van der Waals surface area contributed by atoms with Gasteiger partial charge in [0.1, 0.15) is 5.41 Å². The lowest BCUT2D eigenvalue weighted by Crippen LogP contribution is -2.22. The summed E-state index contributed by atoms with van der Waals surface area (Å²) in [5.41, 5.74) is -0.122. The molecule has 0 bridgehead atoms. The van der Waals surface area contributed by atoms with Gasteiger partial charge in [-0.1, -0.05) is 5.16 Å². The zero-order valence-corrected chi connectivity index (χ0v) is 7.70. The number of hydrogen-bond acceptors (Lipinski definition) is 4. The molecule has 0 saturated heterocycles. The first-order valence-electron chi connectivity index (χ1n) is 4.32. The van der Waals surface area contributed by atoms with Crippen LogP contribution < -0.4 is 5.32 Å². The molecule has 5 heteroatoms. The third-order valence-electron chi connectivity index (χ3n) is 2.26. The molecule has 14 heavy (non-hydrogen) atoms. The molecule has 0 spiro atoms. The highest BCUT2D eigenvalue weighted by Crippen LogP contribution is 2.45. The van der Waals surface area contributed by atoms with Crippen molar-refractivity contribution in [2.24, 2.45) is 5.41 Å². The molecule has 1 fully saturated rings. The molecule has 1 heterocycles. The Morgan fingerprint density at radius 2 is 2.50 bits per heavy atom. The van der Waals surface area contributed by atoms with Crippen LogP contribution in [0, 0.1) is 23.7 Å². The fraction of sp³-hybridized carbons (Fsp3) is 0.444. The van der Waals surface area contributed by atoms with Gasteiger partial charge in [-0.2, -0.15) is 5.26 Å². The maximum absolute atomic E-state index is 11.5. The van der Waals surface area contributed by atoms with Crippen LogP contribution in [0.3, 0.4) is 0 Å². The summed E-state index contributed by atoms with van der Waals surface area (Å²) in [6.45, 7) is 1.76. The number of nitrogens with one attached hydrogen (secondary N) is 1. The predicted octanol–water partition coefficient (Wildman–Crippen LogP) is 1.23. The van der Waals surface area contributed by atoms with Crippen LogP contribution in [0.5, 0.6) is 0 Å². The van der Waals surface area contributed by atoms with Crippen molar-refractivity contribution in [2.45, 2.75) is 19.8 Å². The van der Waals surface area contributed by atoms with Crippen molar-refractivity contribution >= 4 is 11.8 Å². The molecular weight excluding hydrogens is 182 g/mol. The van der Waals surface area contributed by atoms with Crippen LogP contribution in [0.15, 0.2) is 10.6 Å². The van der Waals surface area contributed by atoms with Crippen molar-refractivity contribution in [1.82, 2.24) is 5.16 Å². The molecule has 0 aliphatic heterocycles. The standard InChI is InChI=1S/C9H9N3O2/c1-6-4-7(14-12-6)11-8(13)9(5-10)2-3-9/h4H,2-3H2,1H3,(H,11,13). The van der Waals surface area contributed by atoms with E-state index in [-0.39, 0.29) is 5.91 Å². The minimum absolute atomic E-state index is 0.295. The Balaban J connectivity index is 2.06. The van der Waals surface area contributed by atoms with Gasteiger partial charge in [0.25, 0.3) is 0 Å². The second-order valence-corrected chi connectivity index (χ2v) is 3.48. The van der Waals surface area contributed by atoms with E-state index in [1.807, 2.05) is 6.07 Å². The molecule has 1 amide bonds. The Morgan fingerprint density at radius 3 is 2.93 bits per heavy atom.